The average Bonchev–Trinajstić information content (AvgIpc) is 3.40. The van der Waals surface area contributed by atoms with Crippen molar-refractivity contribution in [1.29, 1.82) is 0 Å². The van der Waals surface area contributed by atoms with E-state index in [1.807, 2.05) is 24.3 Å². The minimum absolute atomic E-state index is 0.00436. The molecule has 1 saturated carbocycles. The van der Waals surface area contributed by atoms with Crippen molar-refractivity contribution in [3.63, 3.8) is 0 Å². The van der Waals surface area contributed by atoms with Crippen molar-refractivity contribution < 1.29 is 23.8 Å². The number of rotatable bonds is 6. The fourth-order valence-electron chi connectivity index (χ4n) is 5.43. The van der Waals surface area contributed by atoms with Crippen molar-refractivity contribution in [2.75, 3.05) is 19.8 Å². The molecule has 166 valence electrons. The van der Waals surface area contributed by atoms with E-state index in [9.17, 15) is 9.59 Å². The zero-order valence-corrected chi connectivity index (χ0v) is 18.2. The van der Waals surface area contributed by atoms with E-state index in [-0.39, 0.29) is 35.6 Å². The van der Waals surface area contributed by atoms with Gasteiger partial charge in [0.25, 0.3) is 5.91 Å². The number of fused-ring (bicyclic) bond motifs is 1. The van der Waals surface area contributed by atoms with Gasteiger partial charge in [0.05, 0.1) is 30.2 Å². The van der Waals surface area contributed by atoms with Crippen LogP contribution in [0.25, 0.3) is 0 Å². The molecule has 4 aliphatic rings. The van der Waals surface area contributed by atoms with Gasteiger partial charge in [-0.3, -0.25) is 9.59 Å². The van der Waals surface area contributed by atoms with Gasteiger partial charge in [0.2, 0.25) is 0 Å². The van der Waals surface area contributed by atoms with Crippen LogP contribution in [-0.2, 0) is 19.1 Å². The zero-order chi connectivity index (χ0) is 21.4. The number of ketones is 1. The molecule has 4 atom stereocenters. The summed E-state index contributed by atoms with van der Waals surface area (Å²) in [6.07, 6.45) is 6.47. The predicted octanol–water partition coefficient (Wildman–Crippen LogP) is 3.95. The lowest BCUT2D eigenvalue weighted by molar-refractivity contribution is -0.136. The van der Waals surface area contributed by atoms with Crippen molar-refractivity contribution in [1.82, 2.24) is 4.90 Å². The summed E-state index contributed by atoms with van der Waals surface area (Å²) in [5.74, 6) is 0.824. The maximum Gasteiger partial charge on any atom is 0.290 e. The number of benzene rings is 1. The molecular weight excluding hydrogens is 394 g/mol. The quantitative estimate of drug-likeness (QED) is 0.691. The average molecular weight is 426 g/mol. The molecule has 2 fully saturated rings. The topological polar surface area (TPSA) is 65.1 Å². The Balaban J connectivity index is 1.53. The molecule has 1 aromatic rings. The van der Waals surface area contributed by atoms with Crippen LogP contribution in [0.5, 0.6) is 5.75 Å². The van der Waals surface area contributed by atoms with E-state index in [4.69, 9.17) is 14.2 Å². The second kappa shape index (κ2) is 8.65. The van der Waals surface area contributed by atoms with Gasteiger partial charge < -0.3 is 19.1 Å². The summed E-state index contributed by atoms with van der Waals surface area (Å²) in [6.45, 7) is 3.90. The molecule has 0 bridgehead atoms. The van der Waals surface area contributed by atoms with E-state index < -0.39 is 6.04 Å². The number of amides is 1. The van der Waals surface area contributed by atoms with Gasteiger partial charge in [-0.2, -0.15) is 0 Å². The highest BCUT2D eigenvalue weighted by Crippen LogP contribution is 2.47. The Labute approximate surface area is 183 Å². The van der Waals surface area contributed by atoms with Crippen LogP contribution in [0.3, 0.4) is 0 Å². The van der Waals surface area contributed by atoms with Crippen LogP contribution >= 0.6 is 0 Å². The maximum atomic E-state index is 13.6. The first-order valence-electron chi connectivity index (χ1n) is 11.8. The lowest BCUT2D eigenvalue weighted by Gasteiger charge is -2.35. The molecule has 1 amide bonds. The highest BCUT2D eigenvalue weighted by atomic mass is 16.5. The number of carbonyl (C=O) groups excluding carboxylic acids is 2. The maximum absolute atomic E-state index is 13.6. The first-order chi connectivity index (χ1) is 15.2. The fraction of sp³-hybridized carbons (Fsp3) is 0.600. The van der Waals surface area contributed by atoms with Gasteiger partial charge in [0.15, 0.2) is 11.5 Å². The Morgan fingerprint density at radius 2 is 2.00 bits per heavy atom. The largest absolute Gasteiger partial charge is 0.494 e. The van der Waals surface area contributed by atoms with Crippen LogP contribution in [0.2, 0.25) is 0 Å². The van der Waals surface area contributed by atoms with E-state index in [0.717, 1.165) is 62.9 Å². The SMILES string of the molecule is CCCOc1cccc(C2C3=C(OC4CCCCC4C3=O)C(=O)N2CC2CCCO2)c1. The van der Waals surface area contributed by atoms with E-state index in [0.29, 0.717) is 18.7 Å². The third-order valence-corrected chi connectivity index (χ3v) is 6.93. The standard InChI is InChI=1S/C25H31NO5/c1-2-12-29-17-8-5-7-16(14-17)22-21-23(27)19-10-3-4-11-20(19)31-24(21)25(28)26(22)15-18-9-6-13-30-18/h5,7-8,14,18-20,22H,2-4,6,9-13,15H2,1H3. The molecular formula is C25H31NO5. The molecule has 6 nitrogen and oxygen atoms in total. The molecule has 3 aliphatic heterocycles. The van der Waals surface area contributed by atoms with Crippen LogP contribution in [-0.4, -0.2) is 48.6 Å². The number of carbonyl (C=O) groups is 2. The second-order valence-corrected chi connectivity index (χ2v) is 9.07. The molecule has 1 aromatic carbocycles. The first kappa shape index (κ1) is 20.6. The van der Waals surface area contributed by atoms with Gasteiger partial charge in [-0.15, -0.1) is 0 Å². The Bertz CT molecular complexity index is 888. The summed E-state index contributed by atoms with van der Waals surface area (Å²) in [7, 11) is 0. The van der Waals surface area contributed by atoms with Crippen LogP contribution in [0, 0.1) is 5.92 Å². The molecule has 4 unspecified atom stereocenters. The zero-order valence-electron chi connectivity index (χ0n) is 18.2. The van der Waals surface area contributed by atoms with E-state index in [1.165, 1.54) is 0 Å². The third kappa shape index (κ3) is 3.75. The Hall–Kier alpha value is -2.34. The summed E-state index contributed by atoms with van der Waals surface area (Å²) in [5.41, 5.74) is 1.44. The number of ether oxygens (including phenoxy) is 3. The number of Topliss-reactive ketones (excluding diaryl/α,β-unsaturated/α-hetero) is 1. The normalized spacial score (nSPS) is 30.3. The monoisotopic (exact) mass is 425 g/mol. The van der Waals surface area contributed by atoms with Gasteiger partial charge in [-0.25, -0.2) is 0 Å². The highest BCUT2D eigenvalue weighted by Gasteiger charge is 2.52. The van der Waals surface area contributed by atoms with Crippen molar-refractivity contribution in [3.8, 4) is 5.75 Å². The minimum Gasteiger partial charge on any atom is -0.494 e. The lowest BCUT2D eigenvalue weighted by Crippen LogP contribution is -2.39. The van der Waals surface area contributed by atoms with Gasteiger partial charge in [-0.05, 0) is 56.2 Å². The summed E-state index contributed by atoms with van der Waals surface area (Å²) >= 11 is 0. The first-order valence-corrected chi connectivity index (χ1v) is 11.8. The van der Waals surface area contributed by atoms with Gasteiger partial charge in [0, 0.05) is 13.2 Å². The van der Waals surface area contributed by atoms with Crippen LogP contribution in [0.1, 0.15) is 63.5 Å². The van der Waals surface area contributed by atoms with Crippen molar-refractivity contribution in [2.45, 2.75) is 70.1 Å². The Kier molecular flexibility index (Phi) is 5.74. The molecule has 0 N–H and O–H groups in total. The molecule has 1 saturated heterocycles. The van der Waals surface area contributed by atoms with E-state index >= 15 is 0 Å². The predicted molar refractivity (Wildman–Crippen MR) is 115 cm³/mol. The molecule has 0 radical (unpaired) electrons. The molecule has 1 aliphatic carbocycles. The van der Waals surface area contributed by atoms with E-state index in [2.05, 4.69) is 6.92 Å². The van der Waals surface area contributed by atoms with Crippen molar-refractivity contribution in [2.24, 2.45) is 5.92 Å². The van der Waals surface area contributed by atoms with Crippen LogP contribution in [0.15, 0.2) is 35.6 Å². The van der Waals surface area contributed by atoms with Crippen molar-refractivity contribution in [3.05, 3.63) is 41.2 Å². The second-order valence-electron chi connectivity index (χ2n) is 9.07. The molecule has 0 spiro atoms. The van der Waals surface area contributed by atoms with Crippen LogP contribution < -0.4 is 4.74 Å². The Morgan fingerprint density at radius 1 is 1.13 bits per heavy atom. The fourth-order valence-corrected chi connectivity index (χ4v) is 5.43. The molecule has 3 heterocycles. The van der Waals surface area contributed by atoms with Gasteiger partial charge in [0.1, 0.15) is 11.9 Å². The van der Waals surface area contributed by atoms with Crippen molar-refractivity contribution >= 4 is 11.7 Å². The van der Waals surface area contributed by atoms with E-state index in [1.54, 1.807) is 4.90 Å². The summed E-state index contributed by atoms with van der Waals surface area (Å²) < 4.78 is 17.9. The molecule has 31 heavy (non-hydrogen) atoms. The molecule has 5 rings (SSSR count). The van der Waals surface area contributed by atoms with Gasteiger partial charge >= 0.3 is 0 Å². The van der Waals surface area contributed by atoms with Gasteiger partial charge in [-0.1, -0.05) is 25.5 Å². The smallest absolute Gasteiger partial charge is 0.290 e. The summed E-state index contributed by atoms with van der Waals surface area (Å²) in [5, 5.41) is 0. The minimum atomic E-state index is -0.438. The molecule has 6 heteroatoms. The summed E-state index contributed by atoms with van der Waals surface area (Å²) in [6, 6.07) is 7.37. The molecule has 0 aromatic heterocycles. The number of hydrogen-bond acceptors (Lipinski definition) is 5. The summed E-state index contributed by atoms with van der Waals surface area (Å²) in [4.78, 5) is 28.9. The van der Waals surface area contributed by atoms with Crippen LogP contribution in [0.4, 0.5) is 0 Å². The highest BCUT2D eigenvalue weighted by molar-refractivity contribution is 6.11. The number of nitrogens with zero attached hydrogens (tertiary/aromatic N) is 1. The number of hydrogen-bond donors (Lipinski definition) is 0. The Morgan fingerprint density at radius 3 is 2.81 bits per heavy atom. The lowest BCUT2D eigenvalue weighted by atomic mass is 9.77. The third-order valence-electron chi connectivity index (χ3n) is 6.93.